The molecule has 0 spiro atoms. The molecule has 0 aliphatic carbocycles. The van der Waals surface area contributed by atoms with E-state index in [0.717, 1.165) is 6.08 Å². The molecule has 0 aromatic heterocycles. The van der Waals surface area contributed by atoms with E-state index >= 15 is 0 Å². The van der Waals surface area contributed by atoms with Gasteiger partial charge in [0.1, 0.15) is 29.3 Å². The summed E-state index contributed by atoms with van der Waals surface area (Å²) in [6, 6.07) is 2.50. The number of rotatable bonds is 1. The number of ketones is 1. The third kappa shape index (κ3) is 4.87. The summed E-state index contributed by atoms with van der Waals surface area (Å²) in [5.74, 6) is -3.14. The number of carbonyl (C=O) groups is 3. The van der Waals surface area contributed by atoms with Gasteiger partial charge in [-0.1, -0.05) is 13.0 Å². The molecule has 1 heterocycles. The number of nitrogens with one attached hydrogen (secondary N) is 1. The number of anilines is 1. The molecule has 4 N–H and O–H groups in total. The first-order valence-electron chi connectivity index (χ1n) is 8.64. The van der Waals surface area contributed by atoms with E-state index in [1.807, 2.05) is 0 Å². The average Bonchev–Trinajstić information content (AvgIpc) is 2.63. The van der Waals surface area contributed by atoms with Crippen LogP contribution in [0.25, 0.3) is 0 Å². The van der Waals surface area contributed by atoms with E-state index in [9.17, 15) is 29.7 Å². The van der Waals surface area contributed by atoms with Gasteiger partial charge in [0.2, 0.25) is 5.91 Å². The number of amides is 1. The predicted octanol–water partition coefficient (Wildman–Crippen LogP) is 0.771. The lowest BCUT2D eigenvalue weighted by atomic mass is 10.0. The van der Waals surface area contributed by atoms with Gasteiger partial charge < -0.3 is 30.1 Å². The van der Waals surface area contributed by atoms with E-state index in [2.05, 4.69) is 5.32 Å². The van der Waals surface area contributed by atoms with E-state index in [4.69, 9.17) is 9.47 Å². The summed E-state index contributed by atoms with van der Waals surface area (Å²) in [5, 5.41) is 32.5. The third-order valence-corrected chi connectivity index (χ3v) is 4.45. The number of aliphatic hydroxyl groups excluding tert-OH is 2. The van der Waals surface area contributed by atoms with Gasteiger partial charge >= 0.3 is 5.97 Å². The van der Waals surface area contributed by atoms with Crippen LogP contribution in [0.4, 0.5) is 5.69 Å². The lowest BCUT2D eigenvalue weighted by molar-refractivity contribution is -0.130. The van der Waals surface area contributed by atoms with Crippen molar-refractivity contribution in [3.63, 3.8) is 0 Å². The lowest BCUT2D eigenvalue weighted by Crippen LogP contribution is -2.36. The molecule has 1 aliphatic heterocycles. The molecule has 1 unspecified atom stereocenters. The number of esters is 1. The highest BCUT2D eigenvalue weighted by atomic mass is 16.5. The molecule has 9 heteroatoms. The molecule has 9 nitrogen and oxygen atoms in total. The number of cyclic esters (lactones) is 1. The minimum atomic E-state index is -1.78. The summed E-state index contributed by atoms with van der Waals surface area (Å²) in [7, 11) is 1.34. The first kappa shape index (κ1) is 21.4. The van der Waals surface area contributed by atoms with Crippen LogP contribution in [0.1, 0.15) is 30.6 Å². The van der Waals surface area contributed by atoms with E-state index in [0.29, 0.717) is 0 Å². The van der Waals surface area contributed by atoms with Gasteiger partial charge in [0.15, 0.2) is 5.78 Å². The number of benzene rings is 1. The van der Waals surface area contributed by atoms with Crippen LogP contribution in [0.5, 0.6) is 11.5 Å². The number of phenols is 1. The Hall–Kier alpha value is -2.91. The number of phenolic OH excluding ortho intramolecular Hbond substituents is 1. The summed E-state index contributed by atoms with van der Waals surface area (Å²) < 4.78 is 10.4. The Bertz CT molecular complexity index is 803. The summed E-state index contributed by atoms with van der Waals surface area (Å²) in [6.45, 7) is 3.28. The highest BCUT2D eigenvalue weighted by molar-refractivity contribution is 6.04. The van der Waals surface area contributed by atoms with Crippen molar-refractivity contribution in [2.75, 3.05) is 12.4 Å². The average molecular weight is 393 g/mol. The monoisotopic (exact) mass is 393 g/mol. The molecule has 152 valence electrons. The number of carbonyl (C=O) groups excluding carboxylic acids is 3. The number of aromatic hydroxyl groups is 1. The molecule has 1 amide bonds. The molecular weight excluding hydrogens is 370 g/mol. The fourth-order valence-corrected chi connectivity index (χ4v) is 2.56. The maximum absolute atomic E-state index is 12.6. The molecule has 0 fully saturated rings. The normalized spacial score (nSPS) is 27.8. The van der Waals surface area contributed by atoms with Crippen molar-refractivity contribution >= 4 is 23.3 Å². The quantitative estimate of drug-likeness (QED) is 0.513. The van der Waals surface area contributed by atoms with Gasteiger partial charge in [-0.2, -0.15) is 0 Å². The molecule has 0 bridgehead atoms. The summed E-state index contributed by atoms with van der Waals surface area (Å²) >= 11 is 0. The smallest absolute Gasteiger partial charge is 0.344 e. The third-order valence-electron chi connectivity index (χ3n) is 4.45. The van der Waals surface area contributed by atoms with E-state index in [-0.39, 0.29) is 17.0 Å². The molecule has 4 atom stereocenters. The van der Waals surface area contributed by atoms with E-state index in [1.165, 1.54) is 25.3 Å². The van der Waals surface area contributed by atoms with Crippen LogP contribution >= 0.6 is 0 Å². The molecular formula is C19H23NO8. The second-order valence-corrected chi connectivity index (χ2v) is 6.56. The maximum atomic E-state index is 12.6. The van der Waals surface area contributed by atoms with Crippen molar-refractivity contribution < 1.29 is 39.2 Å². The van der Waals surface area contributed by atoms with Crippen LogP contribution in [0.2, 0.25) is 0 Å². The molecule has 28 heavy (non-hydrogen) atoms. The van der Waals surface area contributed by atoms with Crippen molar-refractivity contribution in [3.05, 3.63) is 29.8 Å². The van der Waals surface area contributed by atoms with Crippen molar-refractivity contribution in [2.45, 2.75) is 38.6 Å². The van der Waals surface area contributed by atoms with Crippen molar-refractivity contribution in [1.29, 1.82) is 0 Å². The fourth-order valence-electron chi connectivity index (χ4n) is 2.56. The standard InChI is InChI=1S/C19H23NO8/c1-9-4-5-13(21)18(25)15(23)8-16(24)20-12-6-11(27-3)7-14(22)17(12)19(26)28-10(9)2/h4-7,9-10,15,18,22-23,25H,8H2,1-3H3,(H,20,24)/b5-4-/t9-,10+,15+,18?/m1/s1. The van der Waals surface area contributed by atoms with Crippen LogP contribution in [-0.2, 0) is 14.3 Å². The Labute approximate surface area is 161 Å². The number of hydrogen-bond acceptors (Lipinski definition) is 8. The van der Waals surface area contributed by atoms with Gasteiger partial charge in [-0.05, 0) is 13.0 Å². The van der Waals surface area contributed by atoms with Gasteiger partial charge in [0.25, 0.3) is 0 Å². The molecule has 2 rings (SSSR count). The van der Waals surface area contributed by atoms with Crippen LogP contribution in [-0.4, -0.2) is 58.4 Å². The highest BCUT2D eigenvalue weighted by Gasteiger charge is 2.28. The summed E-state index contributed by atoms with van der Waals surface area (Å²) in [6.07, 6.45) is -2.24. The topological polar surface area (TPSA) is 142 Å². The fraction of sp³-hybridized carbons (Fsp3) is 0.421. The first-order valence-corrected chi connectivity index (χ1v) is 8.64. The number of fused-ring (bicyclic) bond motifs is 1. The Kier molecular flexibility index (Phi) is 6.76. The van der Waals surface area contributed by atoms with Gasteiger partial charge in [0, 0.05) is 18.1 Å². The Balaban J connectivity index is 2.50. The van der Waals surface area contributed by atoms with Crippen molar-refractivity contribution in [2.24, 2.45) is 5.92 Å². The molecule has 1 aliphatic rings. The largest absolute Gasteiger partial charge is 0.507 e. The molecule has 0 radical (unpaired) electrons. The summed E-state index contributed by atoms with van der Waals surface area (Å²) in [5.41, 5.74) is -0.368. The zero-order valence-electron chi connectivity index (χ0n) is 15.7. The van der Waals surface area contributed by atoms with Crippen LogP contribution < -0.4 is 10.1 Å². The van der Waals surface area contributed by atoms with Gasteiger partial charge in [0.05, 0.1) is 25.3 Å². The van der Waals surface area contributed by atoms with Gasteiger partial charge in [-0.15, -0.1) is 0 Å². The van der Waals surface area contributed by atoms with Crippen molar-refractivity contribution in [1.82, 2.24) is 0 Å². The van der Waals surface area contributed by atoms with Crippen LogP contribution in [0.15, 0.2) is 24.3 Å². The minimum Gasteiger partial charge on any atom is -0.507 e. The number of methoxy groups -OCH3 is 1. The second kappa shape index (κ2) is 8.85. The van der Waals surface area contributed by atoms with Crippen LogP contribution in [0.3, 0.4) is 0 Å². The zero-order valence-corrected chi connectivity index (χ0v) is 15.7. The maximum Gasteiger partial charge on any atom is 0.344 e. The number of hydrogen-bond donors (Lipinski definition) is 4. The van der Waals surface area contributed by atoms with Gasteiger partial charge in [-0.25, -0.2) is 4.79 Å². The minimum absolute atomic E-state index is 0.0904. The Morgan fingerprint density at radius 3 is 2.50 bits per heavy atom. The Morgan fingerprint density at radius 2 is 1.86 bits per heavy atom. The highest BCUT2D eigenvalue weighted by Crippen LogP contribution is 2.33. The molecule has 0 saturated carbocycles. The first-order chi connectivity index (χ1) is 13.1. The predicted molar refractivity (Wildman–Crippen MR) is 98.1 cm³/mol. The SMILES string of the molecule is COc1cc(O)c2c(c1)NC(=O)C[C@H](O)C(O)C(=O)/C=C\[C@@H](C)[C@H](C)OC2=O. The zero-order chi connectivity index (χ0) is 21.0. The van der Waals surface area contributed by atoms with Crippen molar-refractivity contribution in [3.8, 4) is 11.5 Å². The van der Waals surface area contributed by atoms with E-state index < -0.39 is 54.1 Å². The lowest BCUT2D eigenvalue weighted by Gasteiger charge is -2.21. The number of aliphatic hydroxyl groups is 2. The van der Waals surface area contributed by atoms with Crippen LogP contribution in [0, 0.1) is 5.92 Å². The number of ether oxygens (including phenoxy) is 2. The van der Waals surface area contributed by atoms with E-state index in [1.54, 1.807) is 13.8 Å². The summed E-state index contributed by atoms with van der Waals surface area (Å²) in [4.78, 5) is 36.8. The molecule has 1 aromatic rings. The Morgan fingerprint density at radius 1 is 1.18 bits per heavy atom. The molecule has 0 saturated heterocycles. The van der Waals surface area contributed by atoms with Gasteiger partial charge in [-0.3, -0.25) is 9.59 Å². The molecule has 1 aromatic carbocycles. The second-order valence-electron chi connectivity index (χ2n) is 6.56.